The molecule has 25 heavy (non-hydrogen) atoms. The van der Waals surface area contributed by atoms with Crippen LogP contribution in [0.25, 0.3) is 0 Å². The number of carbonyl (C=O) groups excluding carboxylic acids is 3. The standard InChI is InChI=1S/C18H23N3O4/c1-2-25-16(23)8-7-15(22)21-11-9-18(10-12-21)19-14-6-4-3-5-13(14)17(24)20-18/h3-6,19H,2,7-12H2,1H3,(H,20,24). The van der Waals surface area contributed by atoms with Gasteiger partial charge in [0.05, 0.1) is 18.6 Å². The molecule has 7 heteroatoms. The fraction of sp³-hybridized carbons (Fsp3) is 0.500. The Labute approximate surface area is 146 Å². The topological polar surface area (TPSA) is 87.7 Å². The maximum absolute atomic E-state index is 12.3. The van der Waals surface area contributed by atoms with Crippen LogP contribution in [-0.2, 0) is 14.3 Å². The zero-order valence-corrected chi connectivity index (χ0v) is 14.3. The van der Waals surface area contributed by atoms with Crippen LogP contribution in [0.15, 0.2) is 24.3 Å². The van der Waals surface area contributed by atoms with Crippen LogP contribution in [0, 0.1) is 0 Å². The Morgan fingerprint density at radius 1 is 1.16 bits per heavy atom. The normalized spacial score (nSPS) is 18.1. The largest absolute Gasteiger partial charge is 0.466 e. The summed E-state index contributed by atoms with van der Waals surface area (Å²) in [7, 11) is 0. The number of anilines is 1. The molecule has 1 fully saturated rings. The molecule has 2 heterocycles. The van der Waals surface area contributed by atoms with E-state index in [1.54, 1.807) is 17.9 Å². The van der Waals surface area contributed by atoms with Crippen LogP contribution in [0.1, 0.15) is 43.0 Å². The molecular weight excluding hydrogens is 322 g/mol. The van der Waals surface area contributed by atoms with Crippen molar-refractivity contribution < 1.29 is 19.1 Å². The maximum Gasteiger partial charge on any atom is 0.306 e. The van der Waals surface area contributed by atoms with Crippen molar-refractivity contribution in [3.63, 3.8) is 0 Å². The van der Waals surface area contributed by atoms with E-state index in [1.807, 2.05) is 18.2 Å². The molecule has 2 aliphatic rings. The number of nitrogens with zero attached hydrogens (tertiary/aromatic N) is 1. The number of amides is 2. The number of hydrogen-bond acceptors (Lipinski definition) is 5. The van der Waals surface area contributed by atoms with Crippen LogP contribution in [-0.4, -0.2) is 48.0 Å². The van der Waals surface area contributed by atoms with E-state index in [0.29, 0.717) is 38.1 Å². The molecule has 2 amide bonds. The van der Waals surface area contributed by atoms with Crippen LogP contribution < -0.4 is 10.6 Å². The number of para-hydroxylation sites is 1. The molecule has 2 aliphatic heterocycles. The summed E-state index contributed by atoms with van der Waals surface area (Å²) in [6.45, 7) is 3.15. The van der Waals surface area contributed by atoms with Crippen LogP contribution in [0.3, 0.4) is 0 Å². The van der Waals surface area contributed by atoms with Crippen molar-refractivity contribution in [2.45, 2.75) is 38.3 Å². The first kappa shape index (κ1) is 17.3. The van der Waals surface area contributed by atoms with E-state index in [-0.39, 0.29) is 30.6 Å². The van der Waals surface area contributed by atoms with Gasteiger partial charge in [0.2, 0.25) is 5.91 Å². The van der Waals surface area contributed by atoms with Crippen molar-refractivity contribution in [3.8, 4) is 0 Å². The van der Waals surface area contributed by atoms with Gasteiger partial charge in [-0.1, -0.05) is 12.1 Å². The SMILES string of the molecule is CCOC(=O)CCC(=O)N1CCC2(CC1)NC(=O)c1ccccc1N2. The van der Waals surface area contributed by atoms with Gasteiger partial charge in [-0.2, -0.15) is 0 Å². The minimum Gasteiger partial charge on any atom is -0.466 e. The number of likely N-dealkylation sites (tertiary alicyclic amines) is 1. The lowest BCUT2D eigenvalue weighted by Gasteiger charge is -2.45. The second kappa shape index (κ2) is 7.13. The minimum atomic E-state index is -0.511. The molecule has 0 aliphatic carbocycles. The molecule has 2 N–H and O–H groups in total. The fourth-order valence-electron chi connectivity index (χ4n) is 3.35. The van der Waals surface area contributed by atoms with Gasteiger partial charge < -0.3 is 20.3 Å². The smallest absolute Gasteiger partial charge is 0.306 e. The van der Waals surface area contributed by atoms with E-state index < -0.39 is 5.66 Å². The molecular formula is C18H23N3O4. The Morgan fingerprint density at radius 2 is 1.88 bits per heavy atom. The van der Waals surface area contributed by atoms with Crippen molar-refractivity contribution in [1.82, 2.24) is 10.2 Å². The molecule has 1 aromatic rings. The number of fused-ring (bicyclic) bond motifs is 1. The van der Waals surface area contributed by atoms with Crippen molar-refractivity contribution in [1.29, 1.82) is 0 Å². The summed E-state index contributed by atoms with van der Waals surface area (Å²) in [5.41, 5.74) is 0.956. The highest BCUT2D eigenvalue weighted by Gasteiger charge is 2.40. The summed E-state index contributed by atoms with van der Waals surface area (Å²) in [5.74, 6) is -0.482. The Hall–Kier alpha value is -2.57. The molecule has 1 saturated heterocycles. The van der Waals surface area contributed by atoms with E-state index >= 15 is 0 Å². The van der Waals surface area contributed by atoms with Gasteiger partial charge >= 0.3 is 5.97 Å². The quantitative estimate of drug-likeness (QED) is 0.808. The summed E-state index contributed by atoms with van der Waals surface area (Å²) in [4.78, 5) is 37.7. The van der Waals surface area contributed by atoms with Gasteiger partial charge in [-0.15, -0.1) is 0 Å². The Morgan fingerprint density at radius 3 is 2.60 bits per heavy atom. The number of piperidine rings is 1. The molecule has 7 nitrogen and oxygen atoms in total. The number of hydrogen-bond donors (Lipinski definition) is 2. The van der Waals surface area contributed by atoms with E-state index in [2.05, 4.69) is 10.6 Å². The molecule has 0 unspecified atom stereocenters. The molecule has 0 atom stereocenters. The number of benzene rings is 1. The molecule has 1 spiro atoms. The van der Waals surface area contributed by atoms with Crippen molar-refractivity contribution in [2.24, 2.45) is 0 Å². The summed E-state index contributed by atoms with van der Waals surface area (Å²) in [6.07, 6.45) is 1.52. The van der Waals surface area contributed by atoms with Crippen molar-refractivity contribution >= 4 is 23.5 Å². The lowest BCUT2D eigenvalue weighted by Crippen LogP contribution is -2.62. The van der Waals surface area contributed by atoms with Gasteiger partial charge in [0, 0.05) is 38.0 Å². The van der Waals surface area contributed by atoms with Gasteiger partial charge in [0.1, 0.15) is 5.66 Å². The van der Waals surface area contributed by atoms with E-state index in [9.17, 15) is 14.4 Å². The van der Waals surface area contributed by atoms with Crippen LogP contribution in [0.5, 0.6) is 0 Å². The predicted molar refractivity (Wildman–Crippen MR) is 91.9 cm³/mol. The second-order valence-corrected chi connectivity index (χ2v) is 6.39. The van der Waals surface area contributed by atoms with Crippen molar-refractivity contribution in [2.75, 3.05) is 25.0 Å². The van der Waals surface area contributed by atoms with Crippen LogP contribution >= 0.6 is 0 Å². The maximum atomic E-state index is 12.3. The highest BCUT2D eigenvalue weighted by Crippen LogP contribution is 2.31. The highest BCUT2D eigenvalue weighted by atomic mass is 16.5. The third kappa shape index (κ3) is 3.75. The third-order valence-electron chi connectivity index (χ3n) is 4.72. The average Bonchev–Trinajstić information content (AvgIpc) is 2.60. The molecule has 0 aromatic heterocycles. The predicted octanol–water partition coefficient (Wildman–Crippen LogP) is 1.50. The highest BCUT2D eigenvalue weighted by molar-refractivity contribution is 6.02. The van der Waals surface area contributed by atoms with Crippen LogP contribution in [0.4, 0.5) is 5.69 Å². The summed E-state index contributed by atoms with van der Waals surface area (Å²) in [6, 6.07) is 7.42. The summed E-state index contributed by atoms with van der Waals surface area (Å²) < 4.78 is 4.85. The summed E-state index contributed by atoms with van der Waals surface area (Å²) in [5, 5.41) is 6.48. The Kier molecular flexibility index (Phi) is 4.92. The van der Waals surface area contributed by atoms with Crippen LogP contribution in [0.2, 0.25) is 0 Å². The van der Waals surface area contributed by atoms with E-state index in [0.717, 1.165) is 5.69 Å². The van der Waals surface area contributed by atoms with Gasteiger partial charge in [-0.3, -0.25) is 14.4 Å². The van der Waals surface area contributed by atoms with E-state index in [4.69, 9.17) is 4.74 Å². The number of rotatable bonds is 4. The molecule has 0 bridgehead atoms. The number of carbonyl (C=O) groups is 3. The monoisotopic (exact) mass is 345 g/mol. The van der Waals surface area contributed by atoms with Crippen molar-refractivity contribution in [3.05, 3.63) is 29.8 Å². The molecule has 134 valence electrons. The lowest BCUT2D eigenvalue weighted by molar-refractivity contribution is -0.146. The molecule has 3 rings (SSSR count). The Bertz CT molecular complexity index is 681. The minimum absolute atomic E-state index is 0.0505. The molecule has 0 saturated carbocycles. The first-order valence-corrected chi connectivity index (χ1v) is 8.66. The van der Waals surface area contributed by atoms with Gasteiger partial charge in [-0.25, -0.2) is 0 Å². The van der Waals surface area contributed by atoms with Gasteiger partial charge in [0.15, 0.2) is 0 Å². The van der Waals surface area contributed by atoms with Gasteiger partial charge in [0.25, 0.3) is 5.91 Å². The molecule has 0 radical (unpaired) electrons. The Balaban J connectivity index is 1.56. The zero-order chi connectivity index (χ0) is 17.9. The third-order valence-corrected chi connectivity index (χ3v) is 4.72. The lowest BCUT2D eigenvalue weighted by atomic mass is 9.92. The van der Waals surface area contributed by atoms with Gasteiger partial charge in [-0.05, 0) is 19.1 Å². The first-order chi connectivity index (χ1) is 12.0. The fourth-order valence-corrected chi connectivity index (χ4v) is 3.35. The number of nitrogens with one attached hydrogen (secondary N) is 2. The first-order valence-electron chi connectivity index (χ1n) is 8.66. The van der Waals surface area contributed by atoms with E-state index in [1.165, 1.54) is 0 Å². The zero-order valence-electron chi connectivity index (χ0n) is 14.3. The molecule has 1 aromatic carbocycles. The average molecular weight is 345 g/mol. The second-order valence-electron chi connectivity index (χ2n) is 6.39. The number of esters is 1. The summed E-state index contributed by atoms with van der Waals surface area (Å²) >= 11 is 0. The number of ether oxygens (including phenoxy) is 1.